The van der Waals surface area contributed by atoms with Crippen LogP contribution in [-0.4, -0.2) is 43.1 Å². The van der Waals surface area contributed by atoms with Gasteiger partial charge in [0.2, 0.25) is 5.91 Å². The van der Waals surface area contributed by atoms with E-state index in [1.165, 1.54) is 6.92 Å². The van der Waals surface area contributed by atoms with E-state index in [9.17, 15) is 18.3 Å². The third kappa shape index (κ3) is 2.95. The molecule has 0 bridgehead atoms. The Bertz CT molecular complexity index is 357. The Balaban J connectivity index is 2.70. The van der Waals surface area contributed by atoms with Gasteiger partial charge in [0, 0.05) is 6.26 Å². The average Bonchev–Trinajstić information content (AvgIpc) is 2.64. The summed E-state index contributed by atoms with van der Waals surface area (Å²) in [6, 6.07) is 0. The van der Waals surface area contributed by atoms with E-state index < -0.39 is 26.5 Å². The van der Waals surface area contributed by atoms with E-state index in [0.717, 1.165) is 19.1 Å². The molecule has 1 aliphatic rings. The summed E-state index contributed by atoms with van der Waals surface area (Å²) in [4.78, 5) is 11.7. The summed E-state index contributed by atoms with van der Waals surface area (Å²) in [5.41, 5.74) is -0.601. The van der Waals surface area contributed by atoms with E-state index in [-0.39, 0.29) is 6.61 Å². The lowest BCUT2D eigenvalue weighted by Gasteiger charge is -2.29. The van der Waals surface area contributed by atoms with Crippen molar-refractivity contribution in [3.05, 3.63) is 0 Å². The van der Waals surface area contributed by atoms with E-state index in [1.54, 1.807) is 0 Å². The third-order valence-electron chi connectivity index (χ3n) is 3.26. The first-order valence-corrected chi connectivity index (χ1v) is 7.38. The fourth-order valence-electron chi connectivity index (χ4n) is 1.93. The first kappa shape index (κ1) is 13.4. The summed E-state index contributed by atoms with van der Waals surface area (Å²) < 4.78 is 22.4. The number of amides is 1. The molecule has 0 aromatic heterocycles. The summed E-state index contributed by atoms with van der Waals surface area (Å²) >= 11 is 0. The molecule has 16 heavy (non-hydrogen) atoms. The lowest BCUT2D eigenvalue weighted by atomic mass is 9.99. The van der Waals surface area contributed by atoms with Gasteiger partial charge in [0.05, 0.1) is 12.1 Å². The molecular formula is C10H19NO4S. The Kier molecular flexibility index (Phi) is 3.96. The second-order valence-electron chi connectivity index (χ2n) is 4.61. The molecule has 2 N–H and O–H groups in total. The maximum Gasteiger partial charge on any atom is 0.238 e. The standard InChI is InChI=1S/C10H19NO4S/c1-8(16(2,14)15)9(13)11-10(7-12)5-3-4-6-10/h8,12H,3-7H2,1-2H3,(H,11,13). The predicted octanol–water partition coefficient (Wildman–Crippen LogP) is -0.159. The molecule has 1 fully saturated rings. The first-order chi connectivity index (χ1) is 7.31. The second-order valence-corrected chi connectivity index (χ2v) is 6.97. The van der Waals surface area contributed by atoms with Gasteiger partial charge in [-0.2, -0.15) is 0 Å². The third-order valence-corrected chi connectivity index (χ3v) is 4.76. The van der Waals surface area contributed by atoms with Crippen LogP contribution in [0.1, 0.15) is 32.6 Å². The van der Waals surface area contributed by atoms with E-state index in [4.69, 9.17) is 0 Å². The normalized spacial score (nSPS) is 21.7. The summed E-state index contributed by atoms with van der Waals surface area (Å²) in [5, 5.41) is 10.9. The number of rotatable bonds is 4. The van der Waals surface area contributed by atoms with Crippen molar-refractivity contribution in [2.24, 2.45) is 0 Å². The van der Waals surface area contributed by atoms with Crippen LogP contribution >= 0.6 is 0 Å². The molecule has 1 amide bonds. The highest BCUT2D eigenvalue weighted by Gasteiger charge is 2.37. The second kappa shape index (κ2) is 4.71. The van der Waals surface area contributed by atoms with E-state index in [0.29, 0.717) is 12.8 Å². The molecule has 0 saturated heterocycles. The minimum atomic E-state index is -3.37. The Morgan fingerprint density at radius 2 is 1.94 bits per heavy atom. The SMILES string of the molecule is CC(C(=O)NC1(CO)CCCC1)S(C)(=O)=O. The molecule has 1 atom stereocenters. The fraction of sp³-hybridized carbons (Fsp3) is 0.900. The highest BCUT2D eigenvalue weighted by atomic mass is 32.2. The number of carbonyl (C=O) groups excluding carboxylic acids is 1. The molecule has 1 aliphatic carbocycles. The molecule has 0 aromatic carbocycles. The summed E-state index contributed by atoms with van der Waals surface area (Å²) in [5.74, 6) is -0.515. The number of hydrogen-bond donors (Lipinski definition) is 2. The van der Waals surface area contributed by atoms with Crippen LogP contribution in [0, 0.1) is 0 Å². The van der Waals surface area contributed by atoms with Gasteiger partial charge < -0.3 is 10.4 Å². The minimum absolute atomic E-state index is 0.130. The molecular weight excluding hydrogens is 230 g/mol. The van der Waals surface area contributed by atoms with Crippen molar-refractivity contribution >= 4 is 15.7 Å². The van der Waals surface area contributed by atoms with Gasteiger partial charge in [-0.25, -0.2) is 8.42 Å². The molecule has 0 aromatic rings. The quantitative estimate of drug-likeness (QED) is 0.725. The zero-order chi connectivity index (χ0) is 12.4. The summed E-state index contributed by atoms with van der Waals surface area (Å²) in [6.07, 6.45) is 4.37. The molecule has 1 saturated carbocycles. The maximum absolute atomic E-state index is 11.7. The zero-order valence-corrected chi connectivity index (χ0v) is 10.5. The van der Waals surface area contributed by atoms with E-state index >= 15 is 0 Å². The number of hydrogen-bond acceptors (Lipinski definition) is 4. The topological polar surface area (TPSA) is 83.5 Å². The van der Waals surface area contributed by atoms with Crippen LogP contribution < -0.4 is 5.32 Å². The van der Waals surface area contributed by atoms with Crippen LogP contribution in [-0.2, 0) is 14.6 Å². The summed E-state index contributed by atoms with van der Waals surface area (Å²) in [6.45, 7) is 1.24. The van der Waals surface area contributed by atoms with Gasteiger partial charge in [-0.1, -0.05) is 12.8 Å². The monoisotopic (exact) mass is 249 g/mol. The van der Waals surface area contributed by atoms with Crippen molar-refractivity contribution in [2.45, 2.75) is 43.4 Å². The Morgan fingerprint density at radius 1 is 1.44 bits per heavy atom. The largest absolute Gasteiger partial charge is 0.394 e. The lowest BCUT2D eigenvalue weighted by molar-refractivity contribution is -0.122. The zero-order valence-electron chi connectivity index (χ0n) is 9.69. The first-order valence-electron chi connectivity index (χ1n) is 5.42. The number of nitrogens with one attached hydrogen (secondary N) is 1. The maximum atomic E-state index is 11.7. The van der Waals surface area contributed by atoms with Crippen molar-refractivity contribution in [2.75, 3.05) is 12.9 Å². The highest BCUT2D eigenvalue weighted by molar-refractivity contribution is 7.92. The Hall–Kier alpha value is -0.620. The van der Waals surface area contributed by atoms with Crippen LogP contribution in [0.15, 0.2) is 0 Å². The van der Waals surface area contributed by atoms with Crippen LogP contribution in [0.4, 0.5) is 0 Å². The van der Waals surface area contributed by atoms with Gasteiger partial charge in [-0.15, -0.1) is 0 Å². The Morgan fingerprint density at radius 3 is 2.31 bits per heavy atom. The lowest BCUT2D eigenvalue weighted by Crippen LogP contribution is -2.53. The predicted molar refractivity (Wildman–Crippen MR) is 60.7 cm³/mol. The van der Waals surface area contributed by atoms with Gasteiger partial charge in [0.1, 0.15) is 5.25 Å². The van der Waals surface area contributed by atoms with E-state index in [2.05, 4.69) is 5.32 Å². The van der Waals surface area contributed by atoms with Crippen molar-refractivity contribution < 1.29 is 18.3 Å². The van der Waals surface area contributed by atoms with Crippen molar-refractivity contribution in [1.82, 2.24) is 5.32 Å². The Labute approximate surface area is 96.1 Å². The van der Waals surface area contributed by atoms with Gasteiger partial charge in [-0.3, -0.25) is 4.79 Å². The molecule has 94 valence electrons. The molecule has 1 unspecified atom stereocenters. The van der Waals surface area contributed by atoms with Crippen LogP contribution in [0.5, 0.6) is 0 Å². The average molecular weight is 249 g/mol. The van der Waals surface area contributed by atoms with Gasteiger partial charge in [0.15, 0.2) is 9.84 Å². The van der Waals surface area contributed by atoms with Crippen molar-refractivity contribution in [3.63, 3.8) is 0 Å². The van der Waals surface area contributed by atoms with Crippen molar-refractivity contribution in [3.8, 4) is 0 Å². The highest BCUT2D eigenvalue weighted by Crippen LogP contribution is 2.29. The van der Waals surface area contributed by atoms with E-state index in [1.807, 2.05) is 0 Å². The van der Waals surface area contributed by atoms with Crippen LogP contribution in [0.25, 0.3) is 0 Å². The smallest absolute Gasteiger partial charge is 0.238 e. The molecule has 0 heterocycles. The van der Waals surface area contributed by atoms with Gasteiger partial charge in [0.25, 0.3) is 0 Å². The molecule has 0 spiro atoms. The molecule has 0 aliphatic heterocycles. The van der Waals surface area contributed by atoms with Gasteiger partial charge in [-0.05, 0) is 19.8 Å². The van der Waals surface area contributed by atoms with Crippen LogP contribution in [0.3, 0.4) is 0 Å². The number of aliphatic hydroxyl groups is 1. The molecule has 1 rings (SSSR count). The molecule has 5 nitrogen and oxygen atoms in total. The number of aliphatic hydroxyl groups excluding tert-OH is 1. The number of sulfone groups is 1. The minimum Gasteiger partial charge on any atom is -0.394 e. The fourth-order valence-corrected chi connectivity index (χ4v) is 2.38. The molecule has 6 heteroatoms. The number of carbonyl (C=O) groups is 1. The van der Waals surface area contributed by atoms with Gasteiger partial charge >= 0.3 is 0 Å². The van der Waals surface area contributed by atoms with Crippen LogP contribution in [0.2, 0.25) is 0 Å². The van der Waals surface area contributed by atoms with Crippen molar-refractivity contribution in [1.29, 1.82) is 0 Å². The molecule has 0 radical (unpaired) electrons. The summed E-state index contributed by atoms with van der Waals surface area (Å²) in [7, 11) is -3.37.